The highest BCUT2D eigenvalue weighted by molar-refractivity contribution is 6.19. The van der Waals surface area contributed by atoms with Gasteiger partial charge in [0, 0.05) is 23.7 Å². The van der Waals surface area contributed by atoms with Crippen molar-refractivity contribution in [1.29, 1.82) is 0 Å². The molecule has 6 nitrogen and oxygen atoms in total. The minimum absolute atomic E-state index is 0.0784. The van der Waals surface area contributed by atoms with E-state index >= 15 is 0 Å². The van der Waals surface area contributed by atoms with Crippen LogP contribution in [0.5, 0.6) is 11.5 Å². The van der Waals surface area contributed by atoms with Crippen molar-refractivity contribution < 1.29 is 14.3 Å². The number of benzodiazepines with no additional fused rings is 1. The third-order valence-electron chi connectivity index (χ3n) is 6.45. The standard InChI is InChI=1S/C31H37N3O3/c1-4-36-28-20-26-27(21-29(28)37-5-2)33-30(35)22-32-31(26)25-15-13-24(14-16-25)12-9-18-34(3)19-17-23-10-7-6-8-11-23/h6-8,10-11,13-16,20-21H,4-5,9,12,17-19,22H2,1-3H3,(H,33,35). The summed E-state index contributed by atoms with van der Waals surface area (Å²) in [6, 6.07) is 22.9. The molecule has 1 amide bonds. The first kappa shape index (κ1) is 26.4. The van der Waals surface area contributed by atoms with Crippen LogP contribution in [-0.4, -0.2) is 56.4 Å². The fourth-order valence-electron chi connectivity index (χ4n) is 4.53. The lowest BCUT2D eigenvalue weighted by atomic mass is 9.98. The van der Waals surface area contributed by atoms with Crippen LogP contribution in [0.25, 0.3) is 0 Å². The van der Waals surface area contributed by atoms with Crippen LogP contribution in [0, 0.1) is 0 Å². The summed E-state index contributed by atoms with van der Waals surface area (Å²) in [7, 11) is 2.19. The lowest BCUT2D eigenvalue weighted by Gasteiger charge is -2.17. The highest BCUT2D eigenvalue weighted by Crippen LogP contribution is 2.36. The maximum atomic E-state index is 12.4. The molecule has 4 rings (SSSR count). The molecule has 1 N–H and O–H groups in total. The van der Waals surface area contributed by atoms with Gasteiger partial charge in [-0.2, -0.15) is 0 Å². The molecule has 3 aromatic carbocycles. The van der Waals surface area contributed by atoms with Gasteiger partial charge in [-0.3, -0.25) is 9.79 Å². The van der Waals surface area contributed by atoms with E-state index in [2.05, 4.69) is 76.9 Å². The Bertz CT molecular complexity index is 1210. The molecule has 1 heterocycles. The minimum atomic E-state index is -0.143. The first-order valence-electron chi connectivity index (χ1n) is 13.2. The maximum absolute atomic E-state index is 12.4. The van der Waals surface area contributed by atoms with Crippen LogP contribution in [-0.2, 0) is 17.6 Å². The van der Waals surface area contributed by atoms with Crippen molar-refractivity contribution in [2.24, 2.45) is 4.99 Å². The van der Waals surface area contributed by atoms with Crippen molar-refractivity contribution in [3.05, 3.63) is 89.0 Å². The number of aliphatic imine (C=N–C) groups is 1. The topological polar surface area (TPSA) is 63.2 Å². The number of ether oxygens (including phenoxy) is 2. The molecule has 1 aliphatic heterocycles. The van der Waals surface area contributed by atoms with Gasteiger partial charge in [-0.25, -0.2) is 0 Å². The van der Waals surface area contributed by atoms with Crippen molar-refractivity contribution in [3.8, 4) is 11.5 Å². The van der Waals surface area contributed by atoms with Gasteiger partial charge in [0.05, 0.1) is 24.6 Å². The Labute approximate surface area is 220 Å². The van der Waals surface area contributed by atoms with Crippen LogP contribution in [0.2, 0.25) is 0 Å². The van der Waals surface area contributed by atoms with Gasteiger partial charge in [-0.05, 0) is 63.9 Å². The summed E-state index contributed by atoms with van der Waals surface area (Å²) < 4.78 is 11.6. The van der Waals surface area contributed by atoms with Crippen molar-refractivity contribution in [2.75, 3.05) is 45.2 Å². The number of rotatable bonds is 12. The van der Waals surface area contributed by atoms with Crippen LogP contribution >= 0.6 is 0 Å². The number of amides is 1. The van der Waals surface area contributed by atoms with E-state index in [0.717, 1.165) is 49.2 Å². The summed E-state index contributed by atoms with van der Waals surface area (Å²) in [6.07, 6.45) is 3.19. The Morgan fingerprint density at radius 1 is 0.865 bits per heavy atom. The summed E-state index contributed by atoms with van der Waals surface area (Å²) in [6.45, 7) is 7.10. The Balaban J connectivity index is 1.42. The van der Waals surface area contributed by atoms with Gasteiger partial charge >= 0.3 is 0 Å². The zero-order valence-electron chi connectivity index (χ0n) is 22.1. The van der Waals surface area contributed by atoms with Crippen LogP contribution < -0.4 is 14.8 Å². The number of hydrogen-bond donors (Lipinski definition) is 1. The second-order valence-corrected chi connectivity index (χ2v) is 9.26. The molecule has 0 saturated heterocycles. The molecule has 0 spiro atoms. The lowest BCUT2D eigenvalue weighted by Crippen LogP contribution is -2.22. The maximum Gasteiger partial charge on any atom is 0.246 e. The number of carbonyl (C=O) groups excluding carboxylic acids is 1. The van der Waals surface area contributed by atoms with Gasteiger partial charge in [-0.1, -0.05) is 54.6 Å². The Morgan fingerprint density at radius 2 is 1.54 bits per heavy atom. The zero-order chi connectivity index (χ0) is 26.0. The summed E-state index contributed by atoms with van der Waals surface area (Å²) in [5, 5.41) is 2.97. The van der Waals surface area contributed by atoms with Gasteiger partial charge in [0.15, 0.2) is 11.5 Å². The second kappa shape index (κ2) is 13.1. The summed E-state index contributed by atoms with van der Waals surface area (Å²) in [4.78, 5) is 19.4. The van der Waals surface area contributed by atoms with E-state index in [0.29, 0.717) is 30.4 Å². The molecule has 1 aliphatic rings. The van der Waals surface area contributed by atoms with Crippen molar-refractivity contribution in [2.45, 2.75) is 33.1 Å². The fourth-order valence-corrected chi connectivity index (χ4v) is 4.53. The molecule has 0 unspecified atom stereocenters. The van der Waals surface area contributed by atoms with Gasteiger partial charge in [0.25, 0.3) is 0 Å². The second-order valence-electron chi connectivity index (χ2n) is 9.26. The third-order valence-corrected chi connectivity index (χ3v) is 6.45. The van der Waals surface area contributed by atoms with Gasteiger partial charge < -0.3 is 19.7 Å². The number of anilines is 1. The number of aryl methyl sites for hydroxylation is 1. The third kappa shape index (κ3) is 7.20. The number of nitrogens with one attached hydrogen (secondary N) is 1. The SMILES string of the molecule is CCOc1cc2c(cc1OCC)C(c1ccc(CCCN(C)CCc3ccccc3)cc1)=NCC(=O)N2. The van der Waals surface area contributed by atoms with Crippen molar-refractivity contribution in [3.63, 3.8) is 0 Å². The Kier molecular flexibility index (Phi) is 9.33. The van der Waals surface area contributed by atoms with E-state index in [1.807, 2.05) is 26.0 Å². The number of carbonyl (C=O) groups is 1. The van der Waals surface area contributed by atoms with Crippen LogP contribution in [0.15, 0.2) is 71.7 Å². The van der Waals surface area contributed by atoms with E-state index in [-0.39, 0.29) is 12.5 Å². The molecular formula is C31H37N3O3. The molecule has 0 aromatic heterocycles. The number of hydrogen-bond acceptors (Lipinski definition) is 5. The summed E-state index contributed by atoms with van der Waals surface area (Å²) in [5.74, 6) is 1.13. The fraction of sp³-hybridized carbons (Fsp3) is 0.355. The Morgan fingerprint density at radius 3 is 2.24 bits per heavy atom. The Hall–Kier alpha value is -3.64. The van der Waals surface area contributed by atoms with E-state index < -0.39 is 0 Å². The molecule has 37 heavy (non-hydrogen) atoms. The molecule has 194 valence electrons. The molecule has 6 heteroatoms. The van der Waals surface area contributed by atoms with Crippen molar-refractivity contribution >= 4 is 17.3 Å². The van der Waals surface area contributed by atoms with Gasteiger partial charge in [0.2, 0.25) is 5.91 Å². The number of fused-ring (bicyclic) bond motifs is 1. The van der Waals surface area contributed by atoms with Crippen LogP contribution in [0.1, 0.15) is 42.5 Å². The lowest BCUT2D eigenvalue weighted by molar-refractivity contribution is -0.114. The number of nitrogens with zero attached hydrogens (tertiary/aromatic N) is 2. The normalized spacial score (nSPS) is 13.0. The average Bonchev–Trinajstić information content (AvgIpc) is 3.07. The van der Waals surface area contributed by atoms with Crippen molar-refractivity contribution in [1.82, 2.24) is 4.90 Å². The predicted octanol–water partition coefficient (Wildman–Crippen LogP) is 5.38. The smallest absolute Gasteiger partial charge is 0.246 e. The van der Waals surface area contributed by atoms with E-state index in [1.54, 1.807) is 0 Å². The minimum Gasteiger partial charge on any atom is -0.490 e. The molecule has 0 atom stereocenters. The average molecular weight is 500 g/mol. The number of benzene rings is 3. The molecule has 0 saturated carbocycles. The quantitative estimate of drug-likeness (QED) is 0.363. The van der Waals surface area contributed by atoms with Gasteiger partial charge in [0.1, 0.15) is 6.54 Å². The van der Waals surface area contributed by atoms with E-state index in [1.165, 1.54) is 11.1 Å². The summed E-state index contributed by atoms with van der Waals surface area (Å²) >= 11 is 0. The van der Waals surface area contributed by atoms with Crippen LogP contribution in [0.4, 0.5) is 5.69 Å². The number of likely N-dealkylation sites (N-methyl/N-ethyl adjacent to an activating group) is 1. The molecule has 0 bridgehead atoms. The molecule has 0 radical (unpaired) electrons. The summed E-state index contributed by atoms with van der Waals surface area (Å²) in [5.41, 5.74) is 5.97. The molecule has 0 aliphatic carbocycles. The van der Waals surface area contributed by atoms with Crippen LogP contribution in [0.3, 0.4) is 0 Å². The molecular weight excluding hydrogens is 462 g/mol. The van der Waals surface area contributed by atoms with E-state index in [9.17, 15) is 4.79 Å². The first-order chi connectivity index (χ1) is 18.1. The molecule has 0 fully saturated rings. The zero-order valence-corrected chi connectivity index (χ0v) is 22.1. The van der Waals surface area contributed by atoms with E-state index in [4.69, 9.17) is 9.47 Å². The van der Waals surface area contributed by atoms with Gasteiger partial charge in [-0.15, -0.1) is 0 Å². The highest BCUT2D eigenvalue weighted by Gasteiger charge is 2.21. The monoisotopic (exact) mass is 499 g/mol. The highest BCUT2D eigenvalue weighted by atomic mass is 16.5. The predicted molar refractivity (Wildman–Crippen MR) is 150 cm³/mol. The largest absolute Gasteiger partial charge is 0.490 e. The first-order valence-corrected chi connectivity index (χ1v) is 13.2. The molecule has 3 aromatic rings.